The zero-order chi connectivity index (χ0) is 26.8. The maximum atomic E-state index is 15.0. The second kappa shape index (κ2) is 11.0. The lowest BCUT2D eigenvalue weighted by Gasteiger charge is -2.40. The molecule has 1 aliphatic rings. The smallest absolute Gasteiger partial charge is 0.139 e. The Kier molecular flexibility index (Phi) is 7.50. The SMILES string of the molecule is COCCOc1cc(F)c(-c2ccc3cnc(Cc4cnccc4N4C[C@@H](N)[C@H](O)[C@@H](C)C4)n3n2)c(F)c1. The third-order valence-corrected chi connectivity index (χ3v) is 6.81. The summed E-state index contributed by atoms with van der Waals surface area (Å²) >= 11 is 0. The second-order valence-corrected chi connectivity index (χ2v) is 9.55. The van der Waals surface area contributed by atoms with Crippen LogP contribution in [0.4, 0.5) is 14.5 Å². The average molecular weight is 525 g/mol. The molecule has 0 saturated carbocycles. The van der Waals surface area contributed by atoms with Crippen LogP contribution in [0.25, 0.3) is 16.8 Å². The molecule has 3 aromatic heterocycles. The van der Waals surface area contributed by atoms with E-state index in [9.17, 15) is 13.9 Å². The van der Waals surface area contributed by atoms with Gasteiger partial charge in [0.2, 0.25) is 0 Å². The fourth-order valence-corrected chi connectivity index (χ4v) is 4.85. The number of fused-ring (bicyclic) bond motifs is 1. The third-order valence-electron chi connectivity index (χ3n) is 6.81. The molecule has 0 amide bonds. The van der Waals surface area contributed by atoms with Crippen LogP contribution in [0.1, 0.15) is 18.3 Å². The van der Waals surface area contributed by atoms with Crippen molar-refractivity contribution in [2.24, 2.45) is 11.7 Å². The number of imidazole rings is 1. The molecule has 4 aromatic rings. The van der Waals surface area contributed by atoms with E-state index in [0.29, 0.717) is 37.5 Å². The largest absolute Gasteiger partial charge is 0.491 e. The monoisotopic (exact) mass is 524 g/mol. The Hall–Kier alpha value is -3.67. The molecule has 200 valence electrons. The lowest BCUT2D eigenvalue weighted by atomic mass is 9.92. The van der Waals surface area contributed by atoms with Gasteiger partial charge < -0.3 is 25.2 Å². The number of ether oxygens (including phenoxy) is 2. The van der Waals surface area contributed by atoms with E-state index < -0.39 is 17.7 Å². The van der Waals surface area contributed by atoms with Crippen LogP contribution in [0.5, 0.6) is 5.75 Å². The lowest BCUT2D eigenvalue weighted by molar-refractivity contribution is 0.0784. The topological polar surface area (TPSA) is 111 Å². The van der Waals surface area contributed by atoms with Crippen LogP contribution in [0.2, 0.25) is 0 Å². The molecule has 1 aliphatic heterocycles. The molecule has 0 spiro atoms. The van der Waals surface area contributed by atoms with Crippen LogP contribution in [0, 0.1) is 17.6 Å². The highest BCUT2D eigenvalue weighted by Crippen LogP contribution is 2.30. The zero-order valence-corrected chi connectivity index (χ0v) is 21.2. The van der Waals surface area contributed by atoms with Gasteiger partial charge in [-0.05, 0) is 18.2 Å². The Labute approximate surface area is 218 Å². The number of piperidine rings is 1. The summed E-state index contributed by atoms with van der Waals surface area (Å²) < 4.78 is 41.8. The van der Waals surface area contributed by atoms with E-state index in [1.165, 1.54) is 7.11 Å². The summed E-state index contributed by atoms with van der Waals surface area (Å²) in [6.07, 6.45) is 4.98. The van der Waals surface area contributed by atoms with Gasteiger partial charge in [-0.15, -0.1) is 0 Å². The van der Waals surface area contributed by atoms with Crippen LogP contribution < -0.4 is 15.4 Å². The molecule has 3 atom stereocenters. The summed E-state index contributed by atoms with van der Waals surface area (Å²) in [6.45, 7) is 3.62. The maximum absolute atomic E-state index is 15.0. The number of pyridine rings is 1. The molecule has 11 heteroatoms. The number of nitrogens with two attached hydrogens (primary N) is 1. The van der Waals surface area contributed by atoms with Crippen molar-refractivity contribution in [3.63, 3.8) is 0 Å². The first-order valence-corrected chi connectivity index (χ1v) is 12.4. The number of aromatic nitrogens is 4. The van der Waals surface area contributed by atoms with Crippen molar-refractivity contribution in [2.45, 2.75) is 25.5 Å². The Bertz CT molecular complexity index is 1400. The standard InChI is InChI=1S/C27H30F2N6O3/c1-16-14-34(15-22(30)27(16)36)24-5-6-31-12-17(24)9-25-32-13-18-3-4-23(33-35(18)25)26-20(28)10-19(11-21(26)29)38-8-7-37-2/h3-6,10-13,16,22,27,36H,7-9,14-15,30H2,1-2H3/t16-,22+,27+/m0/s1. The molecule has 1 aromatic carbocycles. The number of hydrogen-bond donors (Lipinski definition) is 2. The van der Waals surface area contributed by atoms with Gasteiger partial charge in [0.1, 0.15) is 29.8 Å². The number of hydrogen-bond acceptors (Lipinski definition) is 8. The average Bonchev–Trinajstić information content (AvgIpc) is 3.29. The first-order valence-electron chi connectivity index (χ1n) is 12.4. The Balaban J connectivity index is 1.45. The third kappa shape index (κ3) is 5.17. The highest BCUT2D eigenvalue weighted by atomic mass is 19.1. The molecule has 38 heavy (non-hydrogen) atoms. The van der Waals surface area contributed by atoms with Gasteiger partial charge in [0.15, 0.2) is 0 Å². The van der Waals surface area contributed by atoms with E-state index >= 15 is 0 Å². The number of rotatable bonds is 8. The molecule has 4 heterocycles. The minimum atomic E-state index is -0.779. The van der Waals surface area contributed by atoms with E-state index in [1.54, 1.807) is 35.2 Å². The number of benzene rings is 1. The molecule has 5 rings (SSSR count). The van der Waals surface area contributed by atoms with E-state index in [-0.39, 0.29) is 35.6 Å². The van der Waals surface area contributed by atoms with Crippen molar-refractivity contribution in [1.29, 1.82) is 0 Å². The van der Waals surface area contributed by atoms with Gasteiger partial charge in [0.25, 0.3) is 0 Å². The molecule has 0 radical (unpaired) electrons. The van der Waals surface area contributed by atoms with Gasteiger partial charge in [-0.1, -0.05) is 6.92 Å². The Morgan fingerprint density at radius 3 is 2.63 bits per heavy atom. The van der Waals surface area contributed by atoms with Crippen molar-refractivity contribution < 1.29 is 23.4 Å². The molecular weight excluding hydrogens is 494 g/mol. The summed E-state index contributed by atoms with van der Waals surface area (Å²) in [6, 6.07) is 7.11. The minimum Gasteiger partial charge on any atom is -0.491 e. The number of anilines is 1. The number of aliphatic hydroxyl groups is 1. The van der Waals surface area contributed by atoms with Gasteiger partial charge in [-0.25, -0.2) is 18.3 Å². The number of halogens is 2. The van der Waals surface area contributed by atoms with Gasteiger partial charge in [-0.3, -0.25) is 4.98 Å². The van der Waals surface area contributed by atoms with Crippen molar-refractivity contribution >= 4 is 11.2 Å². The first-order chi connectivity index (χ1) is 18.4. The maximum Gasteiger partial charge on any atom is 0.139 e. The summed E-state index contributed by atoms with van der Waals surface area (Å²) in [5.74, 6) is -0.881. The molecule has 1 saturated heterocycles. The highest BCUT2D eigenvalue weighted by Gasteiger charge is 2.31. The van der Waals surface area contributed by atoms with Crippen LogP contribution >= 0.6 is 0 Å². The molecule has 0 aliphatic carbocycles. The summed E-state index contributed by atoms with van der Waals surface area (Å²) in [4.78, 5) is 11.0. The fraction of sp³-hybridized carbons (Fsp3) is 0.370. The normalized spacial score (nSPS) is 19.7. The van der Waals surface area contributed by atoms with Crippen LogP contribution in [-0.4, -0.2) is 70.2 Å². The van der Waals surface area contributed by atoms with Crippen LogP contribution in [0.3, 0.4) is 0 Å². The van der Waals surface area contributed by atoms with Crippen molar-refractivity contribution in [1.82, 2.24) is 19.6 Å². The predicted molar refractivity (Wildman–Crippen MR) is 138 cm³/mol. The second-order valence-electron chi connectivity index (χ2n) is 9.55. The predicted octanol–water partition coefficient (Wildman–Crippen LogP) is 2.83. The summed E-state index contributed by atoms with van der Waals surface area (Å²) in [7, 11) is 1.52. The molecule has 1 fully saturated rings. The number of nitrogens with zero attached hydrogens (tertiary/aromatic N) is 5. The summed E-state index contributed by atoms with van der Waals surface area (Å²) in [5.41, 5.74) is 8.60. The fourth-order valence-electron chi connectivity index (χ4n) is 4.85. The van der Waals surface area contributed by atoms with Gasteiger partial charge in [-0.2, -0.15) is 5.10 Å². The number of methoxy groups -OCH3 is 1. The Morgan fingerprint density at radius 2 is 1.89 bits per heavy atom. The molecule has 0 bridgehead atoms. The quantitative estimate of drug-likeness (QED) is 0.339. The number of aliphatic hydroxyl groups excluding tert-OH is 1. The van der Waals surface area contributed by atoms with E-state index in [4.69, 9.17) is 15.2 Å². The van der Waals surface area contributed by atoms with Crippen LogP contribution in [0.15, 0.2) is 48.9 Å². The summed E-state index contributed by atoms with van der Waals surface area (Å²) in [5, 5.41) is 14.8. The Morgan fingerprint density at radius 1 is 1.11 bits per heavy atom. The van der Waals surface area contributed by atoms with E-state index in [0.717, 1.165) is 23.4 Å². The van der Waals surface area contributed by atoms with Crippen LogP contribution in [-0.2, 0) is 11.2 Å². The van der Waals surface area contributed by atoms with E-state index in [2.05, 4.69) is 20.0 Å². The zero-order valence-electron chi connectivity index (χ0n) is 21.2. The van der Waals surface area contributed by atoms with Crippen molar-refractivity contribution in [2.75, 3.05) is 38.3 Å². The molecule has 0 unspecified atom stereocenters. The first kappa shape index (κ1) is 26.0. The van der Waals surface area contributed by atoms with Gasteiger partial charge in [0.05, 0.1) is 35.7 Å². The van der Waals surface area contributed by atoms with Crippen molar-refractivity contribution in [3.05, 3.63) is 71.9 Å². The highest BCUT2D eigenvalue weighted by molar-refractivity contribution is 5.64. The van der Waals surface area contributed by atoms with Gasteiger partial charge in [0, 0.05) is 74.4 Å². The minimum absolute atomic E-state index is 0.0119. The van der Waals surface area contributed by atoms with Crippen molar-refractivity contribution in [3.8, 4) is 17.0 Å². The van der Waals surface area contributed by atoms with E-state index in [1.807, 2.05) is 13.0 Å². The van der Waals surface area contributed by atoms with Gasteiger partial charge >= 0.3 is 0 Å². The molecular formula is C27H30F2N6O3. The molecule has 3 N–H and O–H groups in total. The molecule has 9 nitrogen and oxygen atoms in total. The lowest BCUT2D eigenvalue weighted by Crippen LogP contribution is -2.55.